The van der Waals surface area contributed by atoms with E-state index in [9.17, 15) is 0 Å². The predicted octanol–water partition coefficient (Wildman–Crippen LogP) is 10.2. The number of hydrogen-bond acceptors (Lipinski definition) is 18. The Morgan fingerprint density at radius 1 is 0.215 bits per heavy atom. The molecule has 9 aromatic carbocycles. The number of nitrogens with zero attached hydrogens (tertiary/aromatic N) is 9. The molecule has 0 aliphatic heterocycles. The third kappa shape index (κ3) is 74.0. The summed E-state index contributed by atoms with van der Waals surface area (Å²) >= 11 is 0. The second-order valence-corrected chi connectivity index (χ2v) is 25.1. The van der Waals surface area contributed by atoms with Crippen LogP contribution < -0.4 is 99.5 Å². The first-order chi connectivity index (χ1) is 81.5. The van der Waals surface area contributed by atoms with E-state index in [2.05, 4.69) is 92.8 Å². The zero-order chi connectivity index (χ0) is 138. The van der Waals surface area contributed by atoms with Crippen molar-refractivity contribution in [1.29, 1.82) is 48.7 Å². The molecule has 0 aliphatic rings. The van der Waals surface area contributed by atoms with Gasteiger partial charge in [-0.25, -0.2) is 0 Å². The maximum Gasteiger partial charge on any atom is 0.194 e. The Kier molecular flexibility index (Phi) is 34.9. The van der Waals surface area contributed by atoms with Crippen molar-refractivity contribution in [3.05, 3.63) is 323 Å². The van der Waals surface area contributed by atoms with Crippen molar-refractivity contribution < 1.29 is 58.9 Å². The molecule has 0 saturated carbocycles. The molecule has 8 unspecified atom stereocenters. The van der Waals surface area contributed by atoms with Crippen molar-refractivity contribution in [2.45, 2.75) is 120 Å². The molecule has 36 N–H and O–H groups in total. The van der Waals surface area contributed by atoms with E-state index < -0.39 is 103 Å². The highest BCUT2D eigenvalue weighted by Gasteiger charge is 2.03. The van der Waals surface area contributed by atoms with Crippen molar-refractivity contribution in [3.63, 3.8) is 0 Å². The number of aryl methyl sites for hydroxylation is 7. The first-order valence-electron chi connectivity index (χ1n) is 61.1. The normalized spacial score (nSPS) is 18.3. The van der Waals surface area contributed by atoms with Crippen LogP contribution in [0.15, 0.2) is 317 Å². The van der Waals surface area contributed by atoms with Gasteiger partial charge in [-0.15, -0.1) is 0 Å². The lowest BCUT2D eigenvalue weighted by Gasteiger charge is -2.02. The maximum atomic E-state index is 7.93. The fourth-order valence-corrected chi connectivity index (χ4v) is 7.73. The standard InChI is InChI=1S/9C11H16N4/c9*1-9(12)15-11(13)14-8-7-10-5-3-2-4-6-10/h9*2-6H,7-8H2,1H3,(H4,12,13,14,15)/i5D,6D,7D,8D;3D,6D,7D2,8D2;3D,6D,7D2,8D;3D,6D,7D,8D;3D,5D,6D,8D2;3D,4D,7D2,8D;3D,4D,7D,8D;2*3D,4D,5D,8D2. The molecule has 8 atom stereocenters. The summed E-state index contributed by atoms with van der Waals surface area (Å²) in [6.45, 7) is -2.97. The number of guanidine groups is 9. The lowest BCUT2D eigenvalue weighted by Crippen LogP contribution is -2.35. The molecule has 0 aliphatic carbocycles. The van der Waals surface area contributed by atoms with Crippen molar-refractivity contribution in [1.82, 2.24) is 47.9 Å². The molecule has 0 radical (unpaired) electrons. The van der Waals surface area contributed by atoms with E-state index in [1.165, 1.54) is 196 Å². The fraction of sp³-hybridized carbons (Fsp3) is 0.273. The minimum atomic E-state index is -2.77. The van der Waals surface area contributed by atoms with Crippen molar-refractivity contribution in [3.8, 4) is 0 Å². The first-order valence-corrected chi connectivity index (χ1v) is 39.0. The Labute approximate surface area is 857 Å². The molecule has 720 valence electrons. The quantitative estimate of drug-likeness (QED) is 0.0168. The van der Waals surface area contributed by atoms with E-state index in [0.29, 0.717) is 5.56 Å². The van der Waals surface area contributed by atoms with Crippen LogP contribution >= 0.6 is 0 Å². The number of benzene rings is 9. The van der Waals surface area contributed by atoms with Crippen LogP contribution in [0.5, 0.6) is 0 Å². The molecule has 0 spiro atoms. The van der Waals surface area contributed by atoms with Gasteiger partial charge in [-0.3, -0.25) is 93.6 Å². The average Bonchev–Trinajstić information content (AvgIpc) is 0.767. The van der Waals surface area contributed by atoms with E-state index in [1.807, 2.05) is 0 Å². The summed E-state index contributed by atoms with van der Waals surface area (Å²) in [6, 6.07) is 31.5. The molecule has 0 amide bonds. The van der Waals surface area contributed by atoms with Gasteiger partial charge in [0.25, 0.3) is 0 Å². The van der Waals surface area contributed by atoms with Gasteiger partial charge in [-0.2, -0.15) is 0 Å². The number of nitrogens with one attached hydrogen (secondary N) is 18. The average molecular weight is 1880 g/mol. The zero-order valence-electron chi connectivity index (χ0n) is 118. The van der Waals surface area contributed by atoms with Gasteiger partial charge >= 0.3 is 0 Å². The molecular weight excluding hydrogens is 1690 g/mol. The summed E-state index contributed by atoms with van der Waals surface area (Å²) in [4.78, 5) is 32.7. The number of hydrogen-bond donors (Lipinski definition) is 27. The monoisotopic (exact) mass is 1880 g/mol. The smallest absolute Gasteiger partial charge is 0.194 e. The van der Waals surface area contributed by atoms with E-state index in [4.69, 9.17) is 159 Å². The topological polar surface area (TPSA) is 668 Å². The van der Waals surface area contributed by atoms with Gasteiger partial charge in [-0.1, -0.05) is 272 Å². The van der Waals surface area contributed by atoms with Gasteiger partial charge < -0.3 is 99.5 Å². The van der Waals surface area contributed by atoms with Crippen molar-refractivity contribution in [2.75, 3.05) is 58.6 Å². The molecule has 0 saturated heterocycles. The fourth-order valence-electron chi connectivity index (χ4n) is 7.73. The van der Waals surface area contributed by atoms with E-state index in [1.54, 1.807) is 6.07 Å². The molecule has 135 heavy (non-hydrogen) atoms. The highest BCUT2D eigenvalue weighted by atomic mass is 15.2. The van der Waals surface area contributed by atoms with Crippen LogP contribution in [0.4, 0.5) is 0 Å². The Morgan fingerprint density at radius 2 is 0.430 bits per heavy atom. The van der Waals surface area contributed by atoms with Gasteiger partial charge in [0.15, 0.2) is 53.6 Å². The van der Waals surface area contributed by atoms with Crippen LogP contribution in [0.3, 0.4) is 0 Å². The maximum absolute atomic E-state index is 7.93. The van der Waals surface area contributed by atoms with Gasteiger partial charge in [0.2, 0.25) is 0 Å². The number of aliphatic imine (C=N–C) groups is 9. The van der Waals surface area contributed by atoms with Crippen LogP contribution in [0, 0.1) is 48.7 Å². The third-order valence-corrected chi connectivity index (χ3v) is 12.7. The second kappa shape index (κ2) is 75.3. The summed E-state index contributed by atoms with van der Waals surface area (Å²) in [5, 5.41) is 85.9. The van der Waals surface area contributed by atoms with Crippen LogP contribution in [0.1, 0.15) is 171 Å². The number of rotatable bonds is 27. The molecule has 0 fully saturated rings. The lowest BCUT2D eigenvalue weighted by molar-refractivity contribution is 0.955. The van der Waals surface area contributed by atoms with E-state index >= 15 is 0 Å². The van der Waals surface area contributed by atoms with Crippen LogP contribution in [-0.4, -0.2) is 165 Å². The minimum Gasteiger partial charge on any atom is -0.370 e. The number of amidine groups is 9. The van der Waals surface area contributed by atoms with Gasteiger partial charge in [0.05, 0.1) is 99.1 Å². The Bertz CT molecular complexity index is 7450. The van der Waals surface area contributed by atoms with Crippen molar-refractivity contribution >= 4 is 106 Å². The van der Waals surface area contributed by atoms with E-state index in [0.717, 1.165) is 6.07 Å². The minimum absolute atomic E-state index is 0.00557. The molecule has 9 aromatic rings. The van der Waals surface area contributed by atoms with Gasteiger partial charge in [0.1, 0.15) is 0 Å². The highest BCUT2D eigenvalue weighted by Crippen LogP contribution is 2.07. The Balaban J connectivity index is 0.00000100. The van der Waals surface area contributed by atoms with E-state index in [-0.39, 0.29) is 291 Å². The zero-order valence-corrected chi connectivity index (χ0v) is 75.3. The summed E-state index contributed by atoms with van der Waals surface area (Å²) < 4.78 is 331. The Morgan fingerprint density at radius 3 is 0.793 bits per heavy atom. The third-order valence-electron chi connectivity index (χ3n) is 12.7. The Hall–Kier alpha value is -16.6. The molecule has 0 heterocycles. The molecule has 36 nitrogen and oxygen atoms in total. The summed E-state index contributed by atoms with van der Waals surface area (Å²) in [7, 11) is 0. The second-order valence-electron chi connectivity index (χ2n) is 25.1. The van der Waals surface area contributed by atoms with Crippen LogP contribution in [0.25, 0.3) is 0 Å². The SMILES string of the molecule is [2H]c1cc([2H])c([2H])c(CC([2H])([2H])N=C(N)NC(C)=N)c1.[2H]c1cc([2H])c([2H])c(CC([2H])([2H])N=C(N)NC(C)=N)c1.[2H]c1cc([2H])cc(C([2H])([2H])C([2H])N=C(N)NC(C)=N)c1.[2H]c1cc([2H])cc(C([2H])C([2H])N=C(N)NC(C)=N)c1.[2H]c1ccc([2H])c(C([2H])([2H])C([2H])([2H])N=C(N)NC(C)=N)c1.[2H]c1ccc([2H])c(C([2H])([2H])C([2H])N=C(N)NC(C)=N)c1.[2H]c1ccc([2H])c(C([2H])C([2H])N=C(N)NC(C)=N)c1.[2H]c1ccc([2H])c(CC([2H])([2H])N=C(N)NC(C)=N)c1[2H].[2H]c1cccc([2H])c1C([2H])C([2H])N=C(N)NC(C)=N. The molecular formula is C99H144N36. The van der Waals surface area contributed by atoms with Crippen molar-refractivity contribution in [2.24, 2.45) is 96.5 Å². The molecule has 0 aromatic heterocycles. The lowest BCUT2D eigenvalue weighted by atomic mass is 10.2. The summed E-state index contributed by atoms with van der Waals surface area (Å²) in [5.74, 6) is -1.63. The summed E-state index contributed by atoms with van der Waals surface area (Å²) in [6.07, 6.45) is -11.3. The highest BCUT2D eigenvalue weighted by molar-refractivity contribution is 6.00. The van der Waals surface area contributed by atoms with Crippen LogP contribution in [0.2, 0.25) is 0 Å². The largest absolute Gasteiger partial charge is 0.370 e. The molecule has 0 bridgehead atoms. The molecule has 9 rings (SSSR count). The van der Waals surface area contributed by atoms with Gasteiger partial charge in [-0.05, 0) is 170 Å². The summed E-state index contributed by atoms with van der Waals surface area (Å²) in [5.41, 5.74) is 50.0. The van der Waals surface area contributed by atoms with Crippen LogP contribution in [-0.2, 0) is 57.6 Å². The molecule has 36 heteroatoms. The first kappa shape index (κ1) is 62.7. The predicted molar refractivity (Wildman–Crippen MR) is 569 cm³/mol. The van der Waals surface area contributed by atoms with Gasteiger partial charge in [0, 0.05) is 70.9 Å². The number of nitrogens with two attached hydrogens (primary N) is 9.